The van der Waals surface area contributed by atoms with Crippen LogP contribution in [-0.4, -0.2) is 54.4 Å². The summed E-state index contributed by atoms with van der Waals surface area (Å²) in [4.78, 5) is 7.08. The molecule has 1 aromatic heterocycles. The Hall–Kier alpha value is -3.68. The predicted molar refractivity (Wildman–Crippen MR) is 133 cm³/mol. The van der Waals surface area contributed by atoms with E-state index in [1.165, 1.54) is 0 Å². The topological polar surface area (TPSA) is 72.6 Å². The number of methoxy groups -OCH3 is 1. The van der Waals surface area contributed by atoms with Gasteiger partial charge in [-0.15, -0.1) is 0 Å². The molecule has 4 aromatic rings. The fraction of sp³-hybridized carbons (Fsp3) is 0.286. The van der Waals surface area contributed by atoms with E-state index in [1.807, 2.05) is 28.8 Å². The highest BCUT2D eigenvalue weighted by atomic mass is 16.5. The van der Waals surface area contributed by atoms with E-state index >= 15 is 0 Å². The molecular formula is C28H28N4O3. The molecule has 3 heterocycles. The van der Waals surface area contributed by atoms with E-state index in [9.17, 15) is 5.41 Å². The summed E-state index contributed by atoms with van der Waals surface area (Å²) in [6, 6.07) is 20.6. The molecule has 0 saturated carbocycles. The molecule has 1 saturated heterocycles. The monoisotopic (exact) mass is 468 g/mol. The molecule has 35 heavy (non-hydrogen) atoms. The van der Waals surface area contributed by atoms with Gasteiger partial charge in [0.1, 0.15) is 23.3 Å². The SMILES string of the molecule is COc1ccc([C@H]2c3ccc4ccccc4c3Oc3ncn(CCN4CCOCC4)c(=N)c32)cc1. The van der Waals surface area contributed by atoms with Crippen LogP contribution >= 0.6 is 0 Å². The van der Waals surface area contributed by atoms with Crippen LogP contribution in [0.25, 0.3) is 10.8 Å². The summed E-state index contributed by atoms with van der Waals surface area (Å²) in [7, 11) is 1.67. The number of nitrogens with one attached hydrogen (secondary N) is 1. The Bertz CT molecular complexity index is 1420. The van der Waals surface area contributed by atoms with Crippen LogP contribution < -0.4 is 15.0 Å². The zero-order valence-electron chi connectivity index (χ0n) is 19.7. The van der Waals surface area contributed by atoms with Gasteiger partial charge in [0.05, 0.1) is 25.9 Å². The van der Waals surface area contributed by atoms with E-state index < -0.39 is 0 Å². The number of rotatable bonds is 5. The van der Waals surface area contributed by atoms with Gasteiger partial charge in [-0.1, -0.05) is 48.5 Å². The second-order valence-corrected chi connectivity index (χ2v) is 8.97. The van der Waals surface area contributed by atoms with Gasteiger partial charge < -0.3 is 18.8 Å². The van der Waals surface area contributed by atoms with E-state index in [0.717, 1.165) is 71.8 Å². The average Bonchev–Trinajstić information content (AvgIpc) is 2.92. The first-order valence-corrected chi connectivity index (χ1v) is 12.0. The molecule has 178 valence electrons. The molecule has 0 unspecified atom stereocenters. The summed E-state index contributed by atoms with van der Waals surface area (Å²) >= 11 is 0. The third-order valence-corrected chi connectivity index (χ3v) is 7.01. The van der Waals surface area contributed by atoms with E-state index in [0.29, 0.717) is 17.9 Å². The van der Waals surface area contributed by atoms with E-state index in [4.69, 9.17) is 19.2 Å². The quantitative estimate of drug-likeness (QED) is 0.420. The largest absolute Gasteiger partial charge is 0.497 e. The number of nitrogens with zero attached hydrogens (tertiary/aromatic N) is 3. The Labute approximate surface area is 204 Å². The molecule has 1 N–H and O–H groups in total. The fourth-order valence-corrected chi connectivity index (χ4v) is 5.09. The number of hydrogen-bond donors (Lipinski definition) is 1. The highest BCUT2D eigenvalue weighted by Gasteiger charge is 2.33. The smallest absolute Gasteiger partial charge is 0.228 e. The molecule has 7 heteroatoms. The summed E-state index contributed by atoms with van der Waals surface area (Å²) in [5, 5.41) is 11.3. The molecule has 2 aliphatic heterocycles. The second-order valence-electron chi connectivity index (χ2n) is 8.97. The standard InChI is InChI=1S/C28H28N4O3/c1-33-21-9-6-20(7-10-21)24-23-11-8-19-4-2-3-5-22(19)26(23)35-28-25(24)27(29)32(18-30-28)13-12-31-14-16-34-17-15-31/h2-11,18,24,29H,12-17H2,1H3/t24-/m0/s1. The maximum absolute atomic E-state index is 9.18. The van der Waals surface area contributed by atoms with Crippen molar-refractivity contribution < 1.29 is 14.2 Å². The van der Waals surface area contributed by atoms with Gasteiger partial charge in [0.15, 0.2) is 0 Å². The number of aromatic nitrogens is 2. The Morgan fingerprint density at radius 1 is 1.00 bits per heavy atom. The minimum absolute atomic E-state index is 0.167. The van der Waals surface area contributed by atoms with Crippen LogP contribution in [0.4, 0.5) is 0 Å². The zero-order valence-corrected chi connectivity index (χ0v) is 19.7. The molecule has 0 aliphatic carbocycles. The van der Waals surface area contributed by atoms with Crippen molar-refractivity contribution in [2.24, 2.45) is 0 Å². The van der Waals surface area contributed by atoms with Crippen molar-refractivity contribution >= 4 is 10.8 Å². The lowest BCUT2D eigenvalue weighted by Gasteiger charge is -2.30. The van der Waals surface area contributed by atoms with Gasteiger partial charge in [0.2, 0.25) is 5.88 Å². The lowest BCUT2D eigenvalue weighted by atomic mass is 9.83. The highest BCUT2D eigenvalue weighted by Crippen LogP contribution is 2.47. The van der Waals surface area contributed by atoms with E-state index in [-0.39, 0.29) is 5.92 Å². The minimum Gasteiger partial charge on any atom is -0.497 e. The summed E-state index contributed by atoms with van der Waals surface area (Å²) in [6.45, 7) is 4.92. The minimum atomic E-state index is -0.167. The van der Waals surface area contributed by atoms with Crippen LogP contribution in [0.5, 0.6) is 17.4 Å². The molecule has 1 fully saturated rings. The molecule has 6 rings (SSSR count). The van der Waals surface area contributed by atoms with Crippen LogP contribution in [0.1, 0.15) is 22.6 Å². The molecule has 3 aromatic carbocycles. The van der Waals surface area contributed by atoms with Crippen LogP contribution in [0.2, 0.25) is 0 Å². The summed E-state index contributed by atoms with van der Waals surface area (Å²) < 4.78 is 19.2. The van der Waals surface area contributed by atoms with Gasteiger partial charge in [-0.25, -0.2) is 4.98 Å². The van der Waals surface area contributed by atoms with Crippen LogP contribution in [0.15, 0.2) is 67.0 Å². The van der Waals surface area contributed by atoms with Crippen molar-refractivity contribution in [3.8, 4) is 17.4 Å². The third-order valence-electron chi connectivity index (χ3n) is 7.01. The van der Waals surface area contributed by atoms with Gasteiger partial charge in [-0.2, -0.15) is 0 Å². The predicted octanol–water partition coefficient (Wildman–Crippen LogP) is 4.14. The van der Waals surface area contributed by atoms with Crippen LogP contribution in [-0.2, 0) is 11.3 Å². The molecule has 0 bridgehead atoms. The highest BCUT2D eigenvalue weighted by molar-refractivity contribution is 5.91. The second kappa shape index (κ2) is 9.17. The number of fused-ring (bicyclic) bond motifs is 4. The van der Waals surface area contributed by atoms with Crippen molar-refractivity contribution in [3.63, 3.8) is 0 Å². The van der Waals surface area contributed by atoms with Crippen LogP contribution in [0.3, 0.4) is 0 Å². The number of ether oxygens (including phenoxy) is 3. The van der Waals surface area contributed by atoms with E-state index in [2.05, 4.69) is 41.3 Å². The molecule has 0 radical (unpaired) electrons. The zero-order chi connectivity index (χ0) is 23.8. The normalized spacial score (nSPS) is 17.5. The van der Waals surface area contributed by atoms with Gasteiger partial charge in [-0.05, 0) is 23.1 Å². The van der Waals surface area contributed by atoms with Crippen molar-refractivity contribution in [1.82, 2.24) is 14.5 Å². The van der Waals surface area contributed by atoms with Crippen LogP contribution in [0, 0.1) is 5.41 Å². The molecule has 0 spiro atoms. The Morgan fingerprint density at radius 2 is 1.80 bits per heavy atom. The summed E-state index contributed by atoms with van der Waals surface area (Å²) in [5.74, 6) is 1.95. The van der Waals surface area contributed by atoms with Gasteiger partial charge in [0.25, 0.3) is 0 Å². The van der Waals surface area contributed by atoms with E-state index in [1.54, 1.807) is 13.4 Å². The maximum Gasteiger partial charge on any atom is 0.228 e. The number of morpholine rings is 1. The van der Waals surface area contributed by atoms with Crippen molar-refractivity contribution in [1.29, 1.82) is 5.41 Å². The Kier molecular flexibility index (Phi) is 5.72. The maximum atomic E-state index is 9.18. The van der Waals surface area contributed by atoms with Gasteiger partial charge in [0, 0.05) is 43.0 Å². The first-order chi connectivity index (χ1) is 17.2. The number of hydrogen-bond acceptors (Lipinski definition) is 6. The molecular weight excluding hydrogens is 440 g/mol. The summed E-state index contributed by atoms with van der Waals surface area (Å²) in [6.07, 6.45) is 1.74. The fourth-order valence-electron chi connectivity index (χ4n) is 5.09. The van der Waals surface area contributed by atoms with Gasteiger partial charge in [-0.3, -0.25) is 10.3 Å². The van der Waals surface area contributed by atoms with Gasteiger partial charge >= 0.3 is 0 Å². The molecule has 2 aliphatic rings. The van der Waals surface area contributed by atoms with Crippen molar-refractivity contribution in [3.05, 3.63) is 89.2 Å². The average molecular weight is 469 g/mol. The first kappa shape index (κ1) is 21.8. The third kappa shape index (κ3) is 3.96. The molecule has 7 nitrogen and oxygen atoms in total. The number of benzene rings is 3. The van der Waals surface area contributed by atoms with Crippen molar-refractivity contribution in [2.75, 3.05) is 40.0 Å². The first-order valence-electron chi connectivity index (χ1n) is 12.0. The molecule has 0 amide bonds. The Morgan fingerprint density at radius 3 is 2.60 bits per heavy atom. The molecule has 1 atom stereocenters. The lowest BCUT2D eigenvalue weighted by Crippen LogP contribution is -2.40. The Balaban J connectivity index is 1.46. The van der Waals surface area contributed by atoms with Crippen molar-refractivity contribution in [2.45, 2.75) is 12.5 Å². The summed E-state index contributed by atoms with van der Waals surface area (Å²) in [5.41, 5.74) is 3.35. The lowest BCUT2D eigenvalue weighted by molar-refractivity contribution is 0.0362.